The standard InChI is InChI=1S/C17H25NO3/c1-13-6-5-9-17(10-13,12-19)18-11-15(16(20)21)14-7-3-2-4-8-14/h2-4,7-8,13,15,18-19H,5-6,9-12H2,1H3,(H,20,21). The van der Waals surface area contributed by atoms with Crippen molar-refractivity contribution >= 4 is 5.97 Å². The van der Waals surface area contributed by atoms with Crippen LogP contribution >= 0.6 is 0 Å². The second-order valence-corrected chi connectivity index (χ2v) is 6.32. The Labute approximate surface area is 126 Å². The molecule has 0 radical (unpaired) electrons. The Bertz CT molecular complexity index is 462. The van der Waals surface area contributed by atoms with Gasteiger partial charge in [-0.3, -0.25) is 4.79 Å². The van der Waals surface area contributed by atoms with E-state index in [1.165, 1.54) is 6.42 Å². The first-order chi connectivity index (χ1) is 10.1. The number of aliphatic hydroxyl groups is 1. The largest absolute Gasteiger partial charge is 0.481 e. The summed E-state index contributed by atoms with van der Waals surface area (Å²) in [5.74, 6) is -0.837. The maximum absolute atomic E-state index is 11.5. The number of aliphatic hydroxyl groups excluding tert-OH is 1. The van der Waals surface area contributed by atoms with Crippen LogP contribution in [0.1, 0.15) is 44.1 Å². The zero-order valence-electron chi connectivity index (χ0n) is 12.6. The van der Waals surface area contributed by atoms with E-state index >= 15 is 0 Å². The van der Waals surface area contributed by atoms with E-state index in [-0.39, 0.29) is 12.1 Å². The van der Waals surface area contributed by atoms with Crippen LogP contribution in [0.15, 0.2) is 30.3 Å². The number of nitrogens with one attached hydrogen (secondary N) is 1. The van der Waals surface area contributed by atoms with E-state index in [9.17, 15) is 15.0 Å². The quantitative estimate of drug-likeness (QED) is 0.752. The van der Waals surface area contributed by atoms with Crippen LogP contribution in [0.5, 0.6) is 0 Å². The first-order valence-corrected chi connectivity index (χ1v) is 7.70. The van der Waals surface area contributed by atoms with Crippen LogP contribution in [0, 0.1) is 5.92 Å². The summed E-state index contributed by atoms with van der Waals surface area (Å²) >= 11 is 0. The number of carbonyl (C=O) groups is 1. The summed E-state index contributed by atoms with van der Waals surface area (Å²) in [4.78, 5) is 11.5. The fraction of sp³-hybridized carbons (Fsp3) is 0.588. The molecule has 4 heteroatoms. The van der Waals surface area contributed by atoms with Crippen molar-refractivity contribution < 1.29 is 15.0 Å². The lowest BCUT2D eigenvalue weighted by Crippen LogP contribution is -2.53. The molecule has 1 aromatic carbocycles. The summed E-state index contributed by atoms with van der Waals surface area (Å²) in [5, 5.41) is 22.6. The Hall–Kier alpha value is -1.39. The van der Waals surface area contributed by atoms with Crippen LogP contribution in [-0.2, 0) is 4.79 Å². The van der Waals surface area contributed by atoms with Gasteiger partial charge in [-0.2, -0.15) is 0 Å². The summed E-state index contributed by atoms with van der Waals surface area (Å²) in [5.41, 5.74) is 0.481. The molecule has 1 aromatic rings. The van der Waals surface area contributed by atoms with Gasteiger partial charge in [0.25, 0.3) is 0 Å². The summed E-state index contributed by atoms with van der Waals surface area (Å²) in [6.45, 7) is 2.61. The molecule has 3 N–H and O–H groups in total. The van der Waals surface area contributed by atoms with Gasteiger partial charge in [0.05, 0.1) is 12.5 Å². The van der Waals surface area contributed by atoms with Crippen LogP contribution in [-0.4, -0.2) is 34.9 Å². The van der Waals surface area contributed by atoms with Crippen LogP contribution in [0.4, 0.5) is 0 Å². The van der Waals surface area contributed by atoms with Gasteiger partial charge in [0.1, 0.15) is 0 Å². The van der Waals surface area contributed by atoms with Gasteiger partial charge < -0.3 is 15.5 Å². The maximum Gasteiger partial charge on any atom is 0.312 e. The molecular formula is C17H25NO3. The number of hydrogen-bond acceptors (Lipinski definition) is 3. The van der Waals surface area contributed by atoms with Crippen molar-refractivity contribution in [3.05, 3.63) is 35.9 Å². The highest BCUT2D eigenvalue weighted by Crippen LogP contribution is 2.32. The van der Waals surface area contributed by atoms with E-state index in [1.54, 1.807) is 0 Å². The molecule has 1 fully saturated rings. The van der Waals surface area contributed by atoms with Gasteiger partial charge in [0.15, 0.2) is 0 Å². The van der Waals surface area contributed by atoms with Crippen molar-refractivity contribution in [1.29, 1.82) is 0 Å². The second kappa shape index (κ2) is 7.05. The molecule has 0 aliphatic heterocycles. The van der Waals surface area contributed by atoms with Gasteiger partial charge in [0, 0.05) is 12.1 Å². The molecular weight excluding hydrogens is 266 g/mol. The third-order valence-corrected chi connectivity index (χ3v) is 4.58. The van der Waals surface area contributed by atoms with Gasteiger partial charge in [-0.25, -0.2) is 0 Å². The van der Waals surface area contributed by atoms with Gasteiger partial charge in [0.2, 0.25) is 0 Å². The minimum absolute atomic E-state index is 0.0679. The topological polar surface area (TPSA) is 69.6 Å². The van der Waals surface area contributed by atoms with Gasteiger partial charge in [-0.15, -0.1) is 0 Å². The summed E-state index contributed by atoms with van der Waals surface area (Å²) in [7, 11) is 0. The van der Waals surface area contributed by atoms with Crippen molar-refractivity contribution in [3.8, 4) is 0 Å². The number of benzene rings is 1. The minimum atomic E-state index is -0.828. The molecule has 0 spiro atoms. The van der Waals surface area contributed by atoms with E-state index in [0.717, 1.165) is 24.8 Å². The number of rotatable bonds is 6. The Morgan fingerprint density at radius 2 is 2.14 bits per heavy atom. The van der Waals surface area contributed by atoms with E-state index in [4.69, 9.17) is 0 Å². The molecule has 4 nitrogen and oxygen atoms in total. The molecule has 1 saturated carbocycles. The lowest BCUT2D eigenvalue weighted by atomic mass is 9.76. The summed E-state index contributed by atoms with van der Waals surface area (Å²) < 4.78 is 0. The molecule has 116 valence electrons. The van der Waals surface area contributed by atoms with Crippen molar-refractivity contribution in [1.82, 2.24) is 5.32 Å². The molecule has 0 bridgehead atoms. The molecule has 0 heterocycles. The maximum atomic E-state index is 11.5. The Morgan fingerprint density at radius 1 is 1.43 bits per heavy atom. The molecule has 0 aromatic heterocycles. The Kier molecular flexibility index (Phi) is 5.37. The van der Waals surface area contributed by atoms with Crippen LogP contribution in [0.25, 0.3) is 0 Å². The molecule has 1 aliphatic carbocycles. The number of aliphatic carboxylic acids is 1. The van der Waals surface area contributed by atoms with E-state index in [0.29, 0.717) is 12.5 Å². The normalized spacial score (nSPS) is 27.2. The first kappa shape index (κ1) is 16.0. The van der Waals surface area contributed by atoms with Crippen molar-refractivity contribution in [2.75, 3.05) is 13.2 Å². The minimum Gasteiger partial charge on any atom is -0.481 e. The average molecular weight is 291 g/mol. The Balaban J connectivity index is 2.06. The molecule has 1 aliphatic rings. The fourth-order valence-corrected chi connectivity index (χ4v) is 3.37. The van der Waals surface area contributed by atoms with Crippen LogP contribution in [0.3, 0.4) is 0 Å². The van der Waals surface area contributed by atoms with Gasteiger partial charge >= 0.3 is 5.97 Å². The zero-order chi connectivity index (χ0) is 15.3. The monoisotopic (exact) mass is 291 g/mol. The zero-order valence-corrected chi connectivity index (χ0v) is 12.6. The van der Waals surface area contributed by atoms with Gasteiger partial charge in [-0.05, 0) is 24.3 Å². The molecule has 0 saturated heterocycles. The highest BCUT2D eigenvalue weighted by molar-refractivity contribution is 5.76. The number of carboxylic acids is 1. The Morgan fingerprint density at radius 3 is 2.71 bits per heavy atom. The highest BCUT2D eigenvalue weighted by Gasteiger charge is 2.35. The van der Waals surface area contributed by atoms with Crippen molar-refractivity contribution in [2.24, 2.45) is 5.92 Å². The van der Waals surface area contributed by atoms with E-state index < -0.39 is 11.9 Å². The predicted molar refractivity (Wildman–Crippen MR) is 82.3 cm³/mol. The van der Waals surface area contributed by atoms with E-state index in [1.807, 2.05) is 30.3 Å². The van der Waals surface area contributed by atoms with Crippen LogP contribution < -0.4 is 5.32 Å². The SMILES string of the molecule is CC1CCCC(CO)(NCC(C(=O)O)c2ccccc2)C1. The highest BCUT2D eigenvalue weighted by atomic mass is 16.4. The predicted octanol–water partition coefficient (Wildman–Crippen LogP) is 2.39. The number of carboxylic acid groups (broad SMARTS) is 1. The molecule has 3 atom stereocenters. The number of hydrogen-bond donors (Lipinski definition) is 3. The molecule has 21 heavy (non-hydrogen) atoms. The molecule has 3 unspecified atom stereocenters. The third kappa shape index (κ3) is 4.05. The van der Waals surface area contributed by atoms with E-state index in [2.05, 4.69) is 12.2 Å². The van der Waals surface area contributed by atoms with Crippen molar-refractivity contribution in [3.63, 3.8) is 0 Å². The van der Waals surface area contributed by atoms with Gasteiger partial charge in [-0.1, -0.05) is 50.1 Å². The molecule has 2 rings (SSSR count). The second-order valence-electron chi connectivity index (χ2n) is 6.32. The first-order valence-electron chi connectivity index (χ1n) is 7.70. The molecule has 0 amide bonds. The lowest BCUT2D eigenvalue weighted by molar-refractivity contribution is -0.138. The summed E-state index contributed by atoms with van der Waals surface area (Å²) in [6, 6.07) is 9.28. The lowest BCUT2D eigenvalue weighted by Gasteiger charge is -2.40. The van der Waals surface area contributed by atoms with Crippen molar-refractivity contribution in [2.45, 2.75) is 44.1 Å². The van der Waals surface area contributed by atoms with Crippen LogP contribution in [0.2, 0.25) is 0 Å². The third-order valence-electron chi connectivity index (χ3n) is 4.58. The fourth-order valence-electron chi connectivity index (χ4n) is 3.37. The average Bonchev–Trinajstić information content (AvgIpc) is 2.48. The summed E-state index contributed by atoms with van der Waals surface area (Å²) in [6.07, 6.45) is 4.09. The smallest absolute Gasteiger partial charge is 0.312 e.